The van der Waals surface area contributed by atoms with Crippen LogP contribution < -0.4 is 10.6 Å². The Morgan fingerprint density at radius 2 is 2.00 bits per heavy atom. The smallest absolute Gasteiger partial charge is 0.307 e. The summed E-state index contributed by atoms with van der Waals surface area (Å²) < 4.78 is 10.0. The van der Waals surface area contributed by atoms with E-state index in [1.165, 1.54) is 0 Å². The highest BCUT2D eigenvalue weighted by molar-refractivity contribution is 5.83. The second-order valence-electron chi connectivity index (χ2n) is 4.77. The van der Waals surface area contributed by atoms with Gasteiger partial charge in [-0.1, -0.05) is 0 Å². The van der Waals surface area contributed by atoms with Crippen LogP contribution in [-0.4, -0.2) is 51.8 Å². The highest BCUT2D eigenvalue weighted by atomic mass is 16.5. The third kappa shape index (κ3) is 4.80. The summed E-state index contributed by atoms with van der Waals surface area (Å²) in [7, 11) is 1.61. The lowest BCUT2D eigenvalue weighted by atomic mass is 9.78. The van der Waals surface area contributed by atoms with Crippen molar-refractivity contribution >= 4 is 11.9 Å². The molecule has 0 radical (unpaired) electrons. The van der Waals surface area contributed by atoms with Crippen molar-refractivity contribution in [2.24, 2.45) is 5.41 Å². The quantitative estimate of drug-likeness (QED) is 0.642. The van der Waals surface area contributed by atoms with Crippen LogP contribution in [0.25, 0.3) is 0 Å². The normalized spacial score (nSPS) is 17.8. The zero-order valence-electron chi connectivity index (χ0n) is 11.8. The van der Waals surface area contributed by atoms with E-state index >= 15 is 0 Å². The summed E-state index contributed by atoms with van der Waals surface area (Å²) in [6.07, 6.45) is 1.72. The van der Waals surface area contributed by atoms with Crippen molar-refractivity contribution in [1.29, 1.82) is 0 Å². The van der Waals surface area contributed by atoms with Gasteiger partial charge in [-0.15, -0.1) is 0 Å². The second kappa shape index (κ2) is 8.12. The summed E-state index contributed by atoms with van der Waals surface area (Å²) in [5.41, 5.74) is -0.464. The Bertz CT molecular complexity index is 296. The monoisotopic (exact) mass is 272 g/mol. The van der Waals surface area contributed by atoms with Gasteiger partial charge in [0, 0.05) is 13.7 Å². The fraction of sp³-hybridized carbons (Fsp3) is 0.846. The molecular weight excluding hydrogens is 248 g/mol. The zero-order valence-corrected chi connectivity index (χ0v) is 11.8. The first-order valence-corrected chi connectivity index (χ1v) is 6.78. The van der Waals surface area contributed by atoms with E-state index in [4.69, 9.17) is 9.47 Å². The molecule has 1 fully saturated rings. The van der Waals surface area contributed by atoms with E-state index in [1.807, 2.05) is 0 Å². The molecule has 0 aromatic carbocycles. The third-order valence-electron chi connectivity index (χ3n) is 3.38. The van der Waals surface area contributed by atoms with Crippen LogP contribution >= 0.6 is 0 Å². The molecule has 1 saturated heterocycles. The number of carbonyl (C=O) groups excluding carboxylic acids is 2. The van der Waals surface area contributed by atoms with Crippen molar-refractivity contribution in [2.45, 2.75) is 26.2 Å². The predicted molar refractivity (Wildman–Crippen MR) is 70.7 cm³/mol. The number of piperidine rings is 1. The van der Waals surface area contributed by atoms with Crippen LogP contribution in [0.3, 0.4) is 0 Å². The maximum Gasteiger partial charge on any atom is 0.307 e. The molecule has 1 rings (SSSR count). The molecule has 0 aliphatic carbocycles. The second-order valence-corrected chi connectivity index (χ2v) is 4.77. The molecule has 19 heavy (non-hydrogen) atoms. The Kier molecular flexibility index (Phi) is 6.80. The van der Waals surface area contributed by atoms with E-state index in [0.29, 0.717) is 19.8 Å². The van der Waals surface area contributed by atoms with Gasteiger partial charge >= 0.3 is 5.97 Å². The summed E-state index contributed by atoms with van der Waals surface area (Å²) in [6.45, 7) is 4.49. The van der Waals surface area contributed by atoms with Gasteiger partial charge in [-0.05, 0) is 32.9 Å². The number of hydrogen-bond donors (Lipinski definition) is 2. The molecule has 1 amide bonds. The molecule has 0 bridgehead atoms. The number of rotatable bonds is 7. The first-order chi connectivity index (χ1) is 9.14. The molecule has 6 nitrogen and oxygen atoms in total. The molecule has 1 heterocycles. The van der Waals surface area contributed by atoms with Crippen LogP contribution in [0.2, 0.25) is 0 Å². The van der Waals surface area contributed by atoms with Gasteiger partial charge in [0.05, 0.1) is 25.0 Å². The summed E-state index contributed by atoms with van der Waals surface area (Å²) >= 11 is 0. The Balaban J connectivity index is 2.42. The molecule has 0 aromatic rings. The van der Waals surface area contributed by atoms with Crippen molar-refractivity contribution in [3.8, 4) is 0 Å². The van der Waals surface area contributed by atoms with Gasteiger partial charge in [-0.2, -0.15) is 0 Å². The molecule has 0 unspecified atom stereocenters. The average Bonchev–Trinajstić information content (AvgIpc) is 2.40. The number of amides is 1. The lowest BCUT2D eigenvalue weighted by Gasteiger charge is -2.35. The van der Waals surface area contributed by atoms with Gasteiger partial charge in [-0.25, -0.2) is 0 Å². The summed E-state index contributed by atoms with van der Waals surface area (Å²) in [6, 6.07) is 0. The molecule has 6 heteroatoms. The van der Waals surface area contributed by atoms with E-state index in [1.54, 1.807) is 14.0 Å². The molecular formula is C13H24N2O4. The maximum absolute atomic E-state index is 12.3. The van der Waals surface area contributed by atoms with Crippen LogP contribution in [0.15, 0.2) is 0 Å². The van der Waals surface area contributed by atoms with Crippen LogP contribution in [0.4, 0.5) is 0 Å². The Hall–Kier alpha value is -1.14. The van der Waals surface area contributed by atoms with Gasteiger partial charge in [0.15, 0.2) is 0 Å². The zero-order chi connectivity index (χ0) is 14.1. The minimum absolute atomic E-state index is 0.0276. The average molecular weight is 272 g/mol. The fourth-order valence-corrected chi connectivity index (χ4v) is 2.32. The standard InChI is InChI=1S/C13H24N2O4/c1-3-19-11(16)4-7-15-12(17)13(10-18-2)5-8-14-9-6-13/h14H,3-10H2,1-2H3,(H,15,17). The topological polar surface area (TPSA) is 76.7 Å². The summed E-state index contributed by atoms with van der Waals surface area (Å²) in [4.78, 5) is 23.5. The maximum atomic E-state index is 12.3. The largest absolute Gasteiger partial charge is 0.466 e. The highest BCUT2D eigenvalue weighted by Gasteiger charge is 2.39. The fourth-order valence-electron chi connectivity index (χ4n) is 2.32. The summed E-state index contributed by atoms with van der Waals surface area (Å²) in [5, 5.41) is 6.05. The molecule has 0 spiro atoms. The lowest BCUT2D eigenvalue weighted by molar-refractivity contribution is -0.143. The minimum Gasteiger partial charge on any atom is -0.466 e. The SMILES string of the molecule is CCOC(=O)CCNC(=O)C1(COC)CCNCC1. The molecule has 0 saturated carbocycles. The van der Waals surface area contributed by atoms with Gasteiger partial charge in [-0.3, -0.25) is 9.59 Å². The number of ether oxygens (including phenoxy) is 2. The molecule has 0 aromatic heterocycles. The van der Waals surface area contributed by atoms with E-state index in [-0.39, 0.29) is 18.3 Å². The van der Waals surface area contributed by atoms with Crippen LogP contribution in [0.5, 0.6) is 0 Å². The highest BCUT2D eigenvalue weighted by Crippen LogP contribution is 2.29. The Morgan fingerprint density at radius 3 is 2.58 bits per heavy atom. The van der Waals surface area contributed by atoms with Gasteiger partial charge in [0.1, 0.15) is 0 Å². The van der Waals surface area contributed by atoms with E-state index < -0.39 is 5.41 Å². The number of carbonyl (C=O) groups is 2. The van der Waals surface area contributed by atoms with Crippen molar-refractivity contribution in [1.82, 2.24) is 10.6 Å². The first kappa shape index (κ1) is 15.9. The van der Waals surface area contributed by atoms with Crippen molar-refractivity contribution in [2.75, 3.05) is 40.0 Å². The van der Waals surface area contributed by atoms with Crippen LogP contribution in [0, 0.1) is 5.41 Å². The number of hydrogen-bond acceptors (Lipinski definition) is 5. The minimum atomic E-state index is -0.464. The van der Waals surface area contributed by atoms with E-state index in [9.17, 15) is 9.59 Å². The number of esters is 1. The Morgan fingerprint density at radius 1 is 1.32 bits per heavy atom. The van der Waals surface area contributed by atoms with E-state index in [0.717, 1.165) is 25.9 Å². The number of nitrogens with one attached hydrogen (secondary N) is 2. The van der Waals surface area contributed by atoms with Gasteiger partial charge < -0.3 is 20.1 Å². The molecule has 110 valence electrons. The van der Waals surface area contributed by atoms with Crippen LogP contribution in [-0.2, 0) is 19.1 Å². The molecule has 2 N–H and O–H groups in total. The Labute approximate surface area is 114 Å². The summed E-state index contributed by atoms with van der Waals surface area (Å²) in [5.74, 6) is -0.311. The molecule has 0 atom stereocenters. The van der Waals surface area contributed by atoms with E-state index in [2.05, 4.69) is 10.6 Å². The van der Waals surface area contributed by atoms with Gasteiger partial charge in [0.25, 0.3) is 0 Å². The molecule has 1 aliphatic rings. The van der Waals surface area contributed by atoms with Gasteiger partial charge in [0.2, 0.25) is 5.91 Å². The van der Waals surface area contributed by atoms with Crippen molar-refractivity contribution in [3.05, 3.63) is 0 Å². The number of methoxy groups -OCH3 is 1. The third-order valence-corrected chi connectivity index (χ3v) is 3.38. The predicted octanol–water partition coefficient (Wildman–Crippen LogP) is 0.0720. The molecule has 1 aliphatic heterocycles. The van der Waals surface area contributed by atoms with Crippen molar-refractivity contribution < 1.29 is 19.1 Å². The van der Waals surface area contributed by atoms with Crippen molar-refractivity contribution in [3.63, 3.8) is 0 Å². The first-order valence-electron chi connectivity index (χ1n) is 6.78. The van der Waals surface area contributed by atoms with Crippen LogP contribution in [0.1, 0.15) is 26.2 Å². The lowest BCUT2D eigenvalue weighted by Crippen LogP contribution is -2.50.